The summed E-state index contributed by atoms with van der Waals surface area (Å²) < 4.78 is 0.883. The minimum absolute atomic E-state index is 0.838. The second kappa shape index (κ2) is 6.55. The molecule has 0 radical (unpaired) electrons. The third-order valence-electron chi connectivity index (χ3n) is 4.20. The van der Waals surface area contributed by atoms with E-state index in [2.05, 4.69) is 21.2 Å². The molecule has 3 heterocycles. The summed E-state index contributed by atoms with van der Waals surface area (Å²) in [5.74, 6) is 0. The van der Waals surface area contributed by atoms with Gasteiger partial charge in [-0.1, -0.05) is 11.6 Å². The minimum atomic E-state index is 0.838. The summed E-state index contributed by atoms with van der Waals surface area (Å²) in [5, 5.41) is 3.52. The Kier molecular flexibility index (Phi) is 4.77. The number of piperazine rings is 1. The van der Waals surface area contributed by atoms with E-state index in [1.807, 2.05) is 6.07 Å². The van der Waals surface area contributed by atoms with Gasteiger partial charge in [0.25, 0.3) is 0 Å². The molecule has 0 saturated carbocycles. The quantitative estimate of drug-likeness (QED) is 0.842. The minimum Gasteiger partial charge on any atom is -0.311 e. The van der Waals surface area contributed by atoms with Crippen LogP contribution >= 0.6 is 22.9 Å². The highest BCUT2D eigenvalue weighted by Crippen LogP contribution is 2.22. The van der Waals surface area contributed by atoms with Crippen LogP contribution in [-0.4, -0.2) is 55.1 Å². The maximum Gasteiger partial charge on any atom is 0.0931 e. The van der Waals surface area contributed by atoms with Crippen molar-refractivity contribution in [1.82, 2.24) is 15.1 Å². The molecule has 1 unspecified atom stereocenters. The fraction of sp³-hybridized carbons (Fsp3) is 0.714. The fourth-order valence-electron chi connectivity index (χ4n) is 3.15. The molecule has 1 N–H and O–H groups in total. The van der Waals surface area contributed by atoms with Gasteiger partial charge in [0.2, 0.25) is 0 Å². The Hall–Kier alpha value is -0.130. The van der Waals surface area contributed by atoms with Crippen LogP contribution in [0.2, 0.25) is 4.34 Å². The second-order valence-electron chi connectivity index (χ2n) is 5.52. The highest BCUT2D eigenvalue weighted by molar-refractivity contribution is 7.16. The SMILES string of the molecule is Clc1ccc(CNCCN2CCN3CCCC3C2)s1. The van der Waals surface area contributed by atoms with Gasteiger partial charge in [0.15, 0.2) is 0 Å². The Morgan fingerprint density at radius 1 is 1.32 bits per heavy atom. The number of fused-ring (bicyclic) bond motifs is 1. The highest BCUT2D eigenvalue weighted by atomic mass is 35.5. The topological polar surface area (TPSA) is 18.5 Å². The lowest BCUT2D eigenvalue weighted by atomic mass is 10.1. The van der Waals surface area contributed by atoms with Crippen LogP contribution in [0.4, 0.5) is 0 Å². The van der Waals surface area contributed by atoms with Crippen LogP contribution in [0.1, 0.15) is 17.7 Å². The molecule has 19 heavy (non-hydrogen) atoms. The zero-order valence-electron chi connectivity index (χ0n) is 11.3. The van der Waals surface area contributed by atoms with Crippen LogP contribution in [0.3, 0.4) is 0 Å². The molecular formula is C14H22ClN3S. The lowest BCUT2D eigenvalue weighted by molar-refractivity contribution is 0.105. The normalized spacial score (nSPS) is 24.8. The lowest BCUT2D eigenvalue weighted by Crippen LogP contribution is -2.51. The van der Waals surface area contributed by atoms with Crippen molar-refractivity contribution in [3.05, 3.63) is 21.3 Å². The number of hydrogen-bond donors (Lipinski definition) is 1. The van der Waals surface area contributed by atoms with Gasteiger partial charge in [-0.3, -0.25) is 9.80 Å². The van der Waals surface area contributed by atoms with Crippen LogP contribution in [-0.2, 0) is 6.54 Å². The average molecular weight is 300 g/mol. The number of rotatable bonds is 5. The van der Waals surface area contributed by atoms with Gasteiger partial charge in [0, 0.05) is 50.2 Å². The van der Waals surface area contributed by atoms with Crippen LogP contribution in [0, 0.1) is 0 Å². The van der Waals surface area contributed by atoms with E-state index in [0.29, 0.717) is 0 Å². The molecule has 2 fully saturated rings. The molecule has 3 rings (SSSR count). The number of halogens is 1. The van der Waals surface area contributed by atoms with Crippen molar-refractivity contribution < 1.29 is 0 Å². The average Bonchev–Trinajstić information content (AvgIpc) is 3.03. The molecule has 2 aliphatic rings. The molecule has 0 spiro atoms. The van der Waals surface area contributed by atoms with Gasteiger partial charge in [-0.05, 0) is 31.5 Å². The van der Waals surface area contributed by atoms with E-state index in [0.717, 1.165) is 23.5 Å². The first kappa shape index (κ1) is 13.8. The Balaban J connectivity index is 1.34. The van der Waals surface area contributed by atoms with Crippen molar-refractivity contribution in [3.8, 4) is 0 Å². The van der Waals surface area contributed by atoms with Crippen LogP contribution in [0.5, 0.6) is 0 Å². The molecule has 5 heteroatoms. The molecule has 1 atom stereocenters. The van der Waals surface area contributed by atoms with Gasteiger partial charge in [-0.15, -0.1) is 11.3 Å². The van der Waals surface area contributed by atoms with Crippen molar-refractivity contribution in [3.63, 3.8) is 0 Å². The van der Waals surface area contributed by atoms with E-state index in [4.69, 9.17) is 11.6 Å². The van der Waals surface area contributed by atoms with Gasteiger partial charge in [-0.25, -0.2) is 0 Å². The summed E-state index contributed by atoms with van der Waals surface area (Å²) in [7, 11) is 0. The van der Waals surface area contributed by atoms with Crippen LogP contribution < -0.4 is 5.32 Å². The van der Waals surface area contributed by atoms with Crippen LogP contribution in [0.25, 0.3) is 0 Å². The van der Waals surface area contributed by atoms with Crippen molar-refractivity contribution in [2.45, 2.75) is 25.4 Å². The lowest BCUT2D eigenvalue weighted by Gasteiger charge is -2.37. The first-order valence-electron chi connectivity index (χ1n) is 7.22. The summed E-state index contributed by atoms with van der Waals surface area (Å²) in [6.07, 6.45) is 2.80. The van der Waals surface area contributed by atoms with Crippen LogP contribution in [0.15, 0.2) is 12.1 Å². The molecule has 0 amide bonds. The Morgan fingerprint density at radius 3 is 3.11 bits per heavy atom. The van der Waals surface area contributed by atoms with E-state index in [-0.39, 0.29) is 0 Å². The molecule has 2 saturated heterocycles. The summed E-state index contributed by atoms with van der Waals surface area (Å²) in [6.45, 7) is 8.29. The number of thiophene rings is 1. The largest absolute Gasteiger partial charge is 0.311 e. The zero-order chi connectivity index (χ0) is 13.1. The fourth-order valence-corrected chi connectivity index (χ4v) is 4.21. The molecule has 0 aromatic carbocycles. The first-order chi connectivity index (χ1) is 9.31. The van der Waals surface area contributed by atoms with E-state index in [1.165, 1.54) is 50.4 Å². The van der Waals surface area contributed by atoms with Gasteiger partial charge >= 0.3 is 0 Å². The standard InChI is InChI=1S/C14H22ClN3S/c15-14-4-3-13(19-14)10-16-5-7-17-8-9-18-6-1-2-12(18)11-17/h3-4,12,16H,1-2,5-11H2. The Bertz CT molecular complexity index is 409. The molecule has 1 aromatic rings. The van der Waals surface area contributed by atoms with Gasteiger partial charge < -0.3 is 5.32 Å². The molecule has 0 bridgehead atoms. The number of nitrogens with one attached hydrogen (secondary N) is 1. The van der Waals surface area contributed by atoms with E-state index in [9.17, 15) is 0 Å². The van der Waals surface area contributed by atoms with Gasteiger partial charge in [0.05, 0.1) is 4.34 Å². The van der Waals surface area contributed by atoms with Gasteiger partial charge in [-0.2, -0.15) is 0 Å². The predicted octanol–water partition coefficient (Wildman–Crippen LogP) is 2.27. The van der Waals surface area contributed by atoms with E-state index < -0.39 is 0 Å². The third kappa shape index (κ3) is 3.70. The molecule has 0 aliphatic carbocycles. The molecule has 106 valence electrons. The second-order valence-corrected chi connectivity index (χ2v) is 7.31. The summed E-state index contributed by atoms with van der Waals surface area (Å²) in [4.78, 5) is 6.60. The summed E-state index contributed by atoms with van der Waals surface area (Å²) >= 11 is 7.59. The summed E-state index contributed by atoms with van der Waals surface area (Å²) in [6, 6.07) is 4.92. The molecule has 2 aliphatic heterocycles. The monoisotopic (exact) mass is 299 g/mol. The van der Waals surface area contributed by atoms with Gasteiger partial charge in [0.1, 0.15) is 0 Å². The molecule has 3 nitrogen and oxygen atoms in total. The highest BCUT2D eigenvalue weighted by Gasteiger charge is 2.29. The van der Waals surface area contributed by atoms with Crippen molar-refractivity contribution in [2.75, 3.05) is 39.3 Å². The Labute approximate surface area is 124 Å². The summed E-state index contributed by atoms with van der Waals surface area (Å²) in [5.41, 5.74) is 0. The molecular weight excluding hydrogens is 278 g/mol. The predicted molar refractivity (Wildman–Crippen MR) is 82.1 cm³/mol. The van der Waals surface area contributed by atoms with Crippen molar-refractivity contribution >= 4 is 22.9 Å². The van der Waals surface area contributed by atoms with Crippen molar-refractivity contribution in [1.29, 1.82) is 0 Å². The first-order valence-corrected chi connectivity index (χ1v) is 8.42. The van der Waals surface area contributed by atoms with Crippen molar-refractivity contribution in [2.24, 2.45) is 0 Å². The molecule has 1 aromatic heterocycles. The van der Waals surface area contributed by atoms with E-state index in [1.54, 1.807) is 11.3 Å². The number of hydrogen-bond acceptors (Lipinski definition) is 4. The number of nitrogens with zero attached hydrogens (tertiary/aromatic N) is 2. The maximum atomic E-state index is 5.92. The zero-order valence-corrected chi connectivity index (χ0v) is 12.8. The Morgan fingerprint density at radius 2 is 2.26 bits per heavy atom. The third-order valence-corrected chi connectivity index (χ3v) is 5.44. The maximum absolute atomic E-state index is 5.92. The smallest absolute Gasteiger partial charge is 0.0931 e. The van der Waals surface area contributed by atoms with E-state index >= 15 is 0 Å².